The molecule has 0 aromatic heterocycles. The van der Waals surface area contributed by atoms with Gasteiger partial charge in [0.1, 0.15) is 0 Å². The van der Waals surface area contributed by atoms with Crippen LogP contribution in [-0.2, 0) is 15.0 Å². The average molecular weight is 508 g/mol. The summed E-state index contributed by atoms with van der Waals surface area (Å²) in [5, 5.41) is 3.55. The number of nitrogens with zero attached hydrogens (tertiary/aromatic N) is 2. The number of piperidine rings is 1. The highest BCUT2D eigenvalue weighted by Gasteiger charge is 2.46. The number of hydrogen-bond acceptors (Lipinski definition) is 4. The number of piperazine rings is 1. The Balaban J connectivity index is 1.21. The molecule has 1 N–H and O–H groups in total. The predicted octanol–water partition coefficient (Wildman–Crippen LogP) is 4.61. The van der Waals surface area contributed by atoms with E-state index in [0.717, 1.165) is 55.7 Å². The van der Waals surface area contributed by atoms with Crippen LogP contribution in [0.3, 0.4) is 0 Å². The second-order valence-electron chi connectivity index (χ2n) is 11.5. The van der Waals surface area contributed by atoms with Crippen molar-refractivity contribution in [3.05, 3.63) is 95.6 Å². The van der Waals surface area contributed by atoms with Gasteiger partial charge in [-0.15, -0.1) is 0 Å². The van der Waals surface area contributed by atoms with Crippen LogP contribution in [-0.4, -0.2) is 66.3 Å². The van der Waals surface area contributed by atoms with Crippen molar-refractivity contribution >= 4 is 11.7 Å². The molecular formula is C33H37N3O2. The van der Waals surface area contributed by atoms with Crippen LogP contribution in [0.25, 0.3) is 11.1 Å². The number of rotatable bonds is 5. The van der Waals surface area contributed by atoms with Crippen LogP contribution in [0.2, 0.25) is 0 Å². The third-order valence-electron chi connectivity index (χ3n) is 8.83. The molecule has 0 saturated carbocycles. The maximum atomic E-state index is 14.2. The van der Waals surface area contributed by atoms with Crippen LogP contribution in [0.15, 0.2) is 78.9 Å². The first-order valence-corrected chi connectivity index (χ1v) is 14.0. The average Bonchev–Trinajstić information content (AvgIpc) is 3.28. The van der Waals surface area contributed by atoms with Crippen molar-refractivity contribution in [2.75, 3.05) is 32.7 Å². The van der Waals surface area contributed by atoms with Gasteiger partial charge in [-0.3, -0.25) is 14.5 Å². The van der Waals surface area contributed by atoms with Crippen molar-refractivity contribution in [2.24, 2.45) is 0 Å². The summed E-state index contributed by atoms with van der Waals surface area (Å²) in [6.07, 6.45) is 1.46. The minimum absolute atomic E-state index is 0.214. The van der Waals surface area contributed by atoms with Gasteiger partial charge in [0, 0.05) is 25.2 Å². The number of carbonyl (C=O) groups is 2. The van der Waals surface area contributed by atoms with Crippen LogP contribution >= 0.6 is 0 Å². The highest BCUT2D eigenvalue weighted by Crippen LogP contribution is 2.45. The summed E-state index contributed by atoms with van der Waals surface area (Å²) in [5.41, 5.74) is 5.15. The molecule has 2 heterocycles. The van der Waals surface area contributed by atoms with Gasteiger partial charge in [-0.1, -0.05) is 78.9 Å². The van der Waals surface area contributed by atoms with Crippen molar-refractivity contribution in [3.8, 4) is 11.1 Å². The zero-order valence-corrected chi connectivity index (χ0v) is 22.4. The van der Waals surface area contributed by atoms with Crippen LogP contribution in [0.1, 0.15) is 49.3 Å². The Labute approximate surface area is 225 Å². The number of amides is 1. The first-order chi connectivity index (χ1) is 18.5. The zero-order valence-electron chi connectivity index (χ0n) is 22.4. The molecule has 2 saturated heterocycles. The molecule has 2 aliphatic heterocycles. The number of benzene rings is 3. The molecule has 3 aliphatic rings. The molecule has 5 nitrogen and oxygen atoms in total. The van der Waals surface area contributed by atoms with E-state index in [4.69, 9.17) is 0 Å². The molecule has 0 radical (unpaired) electrons. The summed E-state index contributed by atoms with van der Waals surface area (Å²) in [7, 11) is 0. The van der Waals surface area contributed by atoms with Crippen LogP contribution in [0.5, 0.6) is 0 Å². The predicted molar refractivity (Wildman–Crippen MR) is 151 cm³/mol. The van der Waals surface area contributed by atoms with Crippen LogP contribution in [0.4, 0.5) is 0 Å². The van der Waals surface area contributed by atoms with E-state index in [1.807, 2.05) is 42.5 Å². The smallest absolute Gasteiger partial charge is 0.233 e. The topological polar surface area (TPSA) is 52.7 Å². The fourth-order valence-corrected chi connectivity index (χ4v) is 7.09. The summed E-state index contributed by atoms with van der Waals surface area (Å²) in [6.45, 7) is 7.66. The molecule has 2 atom stereocenters. The summed E-state index contributed by atoms with van der Waals surface area (Å²) >= 11 is 0. The van der Waals surface area contributed by atoms with E-state index in [9.17, 15) is 9.59 Å². The molecule has 6 rings (SSSR count). The van der Waals surface area contributed by atoms with Gasteiger partial charge in [-0.2, -0.15) is 0 Å². The summed E-state index contributed by atoms with van der Waals surface area (Å²) in [4.78, 5) is 32.3. The number of hydrogen-bond donors (Lipinski definition) is 1. The maximum absolute atomic E-state index is 14.2. The van der Waals surface area contributed by atoms with Crippen molar-refractivity contribution in [1.29, 1.82) is 0 Å². The minimum atomic E-state index is -0.538. The van der Waals surface area contributed by atoms with Crippen molar-refractivity contribution in [2.45, 2.75) is 50.1 Å². The van der Waals surface area contributed by atoms with E-state index in [0.29, 0.717) is 6.54 Å². The van der Waals surface area contributed by atoms with Gasteiger partial charge in [-0.05, 0) is 67.6 Å². The molecular weight excluding hydrogens is 470 g/mol. The highest BCUT2D eigenvalue weighted by atomic mass is 16.2. The van der Waals surface area contributed by atoms with Gasteiger partial charge in [0.15, 0.2) is 5.78 Å². The number of Topliss-reactive ketones (excluding diaryl/α,β-unsaturated/α-hetero) is 1. The number of likely N-dealkylation sites (tertiary alicyclic amines) is 1. The molecule has 0 spiro atoms. The van der Waals surface area contributed by atoms with Gasteiger partial charge in [-0.25, -0.2) is 0 Å². The molecule has 3 aromatic carbocycles. The Morgan fingerprint density at radius 3 is 1.89 bits per heavy atom. The maximum Gasteiger partial charge on any atom is 0.233 e. The van der Waals surface area contributed by atoms with E-state index >= 15 is 0 Å². The van der Waals surface area contributed by atoms with Crippen LogP contribution < -0.4 is 5.32 Å². The molecule has 196 valence electrons. The number of fused-ring (bicyclic) bond motifs is 3. The Morgan fingerprint density at radius 2 is 1.32 bits per heavy atom. The Hall–Kier alpha value is -3.28. The third-order valence-corrected chi connectivity index (χ3v) is 8.83. The Morgan fingerprint density at radius 1 is 0.789 bits per heavy atom. The second-order valence-corrected chi connectivity index (χ2v) is 11.5. The Bertz CT molecular complexity index is 1270. The monoisotopic (exact) mass is 507 g/mol. The van der Waals surface area contributed by atoms with E-state index in [1.165, 1.54) is 11.1 Å². The molecule has 0 bridgehead atoms. The fraction of sp³-hybridized carbons (Fsp3) is 0.394. The first kappa shape index (κ1) is 25.0. The van der Waals surface area contributed by atoms with E-state index in [1.54, 1.807) is 0 Å². The highest BCUT2D eigenvalue weighted by molar-refractivity contribution is 5.98. The van der Waals surface area contributed by atoms with Crippen molar-refractivity contribution in [1.82, 2.24) is 15.1 Å². The molecule has 38 heavy (non-hydrogen) atoms. The van der Waals surface area contributed by atoms with E-state index < -0.39 is 5.41 Å². The van der Waals surface area contributed by atoms with Gasteiger partial charge >= 0.3 is 0 Å². The quantitative estimate of drug-likeness (QED) is 0.548. The summed E-state index contributed by atoms with van der Waals surface area (Å²) in [6, 6.07) is 27.5. The first-order valence-electron chi connectivity index (χ1n) is 14.0. The molecule has 1 amide bonds. The van der Waals surface area contributed by atoms with Crippen LogP contribution in [0, 0.1) is 0 Å². The number of carbonyl (C=O) groups excluding carboxylic acids is 2. The lowest BCUT2D eigenvalue weighted by molar-refractivity contribution is -0.141. The zero-order chi connectivity index (χ0) is 26.3. The molecule has 3 aromatic rings. The summed E-state index contributed by atoms with van der Waals surface area (Å²) in [5.74, 6) is 0.271. The van der Waals surface area contributed by atoms with Gasteiger partial charge in [0.05, 0.1) is 17.9 Å². The SMILES string of the molecule is CC1CN(C(=O)C2(c3ccccc3)CCN(CC(=O)C3c4ccccc4-c4ccccc43)CC2)CC(C)N1. The Kier molecular flexibility index (Phi) is 6.67. The molecule has 1 aliphatic carbocycles. The normalized spacial score (nSPS) is 23.1. The second kappa shape index (κ2) is 10.1. The van der Waals surface area contributed by atoms with Crippen molar-refractivity contribution in [3.63, 3.8) is 0 Å². The number of nitrogens with one attached hydrogen (secondary N) is 1. The van der Waals surface area contributed by atoms with E-state index in [-0.39, 0.29) is 29.7 Å². The lowest BCUT2D eigenvalue weighted by Gasteiger charge is -2.46. The standard InChI is InChI=1S/C33H37N3O2/c1-23-20-36(21-24(2)34-23)32(38)33(25-10-4-3-5-11-25)16-18-35(19-17-33)22-30(37)31-28-14-8-6-12-26(28)27-13-7-9-15-29(27)31/h3-15,23-24,31,34H,16-22H2,1-2H3. The largest absolute Gasteiger partial charge is 0.339 e. The van der Waals surface area contributed by atoms with E-state index in [2.05, 4.69) is 65.4 Å². The third kappa shape index (κ3) is 4.38. The van der Waals surface area contributed by atoms with Gasteiger partial charge < -0.3 is 10.2 Å². The lowest BCUT2D eigenvalue weighted by Crippen LogP contribution is -2.61. The lowest BCUT2D eigenvalue weighted by atomic mass is 9.71. The molecule has 2 fully saturated rings. The van der Waals surface area contributed by atoms with Crippen molar-refractivity contribution < 1.29 is 9.59 Å². The summed E-state index contributed by atoms with van der Waals surface area (Å²) < 4.78 is 0. The fourth-order valence-electron chi connectivity index (χ4n) is 7.09. The van der Waals surface area contributed by atoms with Gasteiger partial charge in [0.2, 0.25) is 5.91 Å². The molecule has 5 heteroatoms. The minimum Gasteiger partial charge on any atom is -0.339 e. The molecule has 2 unspecified atom stereocenters. The van der Waals surface area contributed by atoms with Gasteiger partial charge in [0.25, 0.3) is 0 Å². The number of ketones is 1.